The van der Waals surface area contributed by atoms with Gasteiger partial charge in [-0.2, -0.15) is 0 Å². The number of hydrogen-bond donors (Lipinski definition) is 0. The maximum atomic E-state index is 13.0. The Hall–Kier alpha value is -2.47. The molecule has 2 aromatic rings. The molecule has 1 fully saturated rings. The number of para-hydroxylation sites is 1. The van der Waals surface area contributed by atoms with E-state index in [1.807, 2.05) is 12.1 Å². The second-order valence-electron chi connectivity index (χ2n) is 6.24. The molecule has 6 heteroatoms. The molecule has 0 aromatic heterocycles. The highest BCUT2D eigenvalue weighted by Gasteiger charge is 2.54. The molecule has 0 bridgehead atoms. The number of benzene rings is 2. The van der Waals surface area contributed by atoms with Crippen molar-refractivity contribution in [2.24, 2.45) is 11.8 Å². The van der Waals surface area contributed by atoms with Crippen LogP contribution in [0, 0.1) is 11.8 Å². The van der Waals surface area contributed by atoms with Crippen LogP contribution in [0.5, 0.6) is 5.75 Å². The van der Waals surface area contributed by atoms with Crippen LogP contribution >= 0.6 is 15.9 Å². The largest absolute Gasteiger partial charge is 0.426 e. The number of rotatable bonds is 1. The molecule has 5 nitrogen and oxygen atoms in total. The summed E-state index contributed by atoms with van der Waals surface area (Å²) in [5.74, 6) is -3.03. The van der Waals surface area contributed by atoms with Gasteiger partial charge in [-0.1, -0.05) is 41.1 Å². The number of amides is 2. The lowest BCUT2D eigenvalue weighted by molar-refractivity contribution is -0.151. The Morgan fingerprint density at radius 1 is 0.960 bits per heavy atom. The second-order valence-corrected chi connectivity index (χ2v) is 7.16. The van der Waals surface area contributed by atoms with Crippen molar-refractivity contribution in [2.45, 2.75) is 12.8 Å². The van der Waals surface area contributed by atoms with Crippen LogP contribution < -0.4 is 9.64 Å². The van der Waals surface area contributed by atoms with Crippen LogP contribution in [0.3, 0.4) is 0 Å². The fourth-order valence-corrected chi connectivity index (χ4v) is 3.87. The summed E-state index contributed by atoms with van der Waals surface area (Å²) in [6, 6.07) is 13.9. The third kappa shape index (κ3) is 2.40. The molecular formula is C19H14BrNO4. The Morgan fingerprint density at radius 3 is 2.36 bits per heavy atom. The zero-order valence-corrected chi connectivity index (χ0v) is 14.9. The number of carbonyl (C=O) groups is 3. The van der Waals surface area contributed by atoms with E-state index < -0.39 is 29.6 Å². The monoisotopic (exact) mass is 399 g/mol. The molecule has 0 unspecified atom stereocenters. The lowest BCUT2D eigenvalue weighted by Crippen LogP contribution is -2.57. The molecule has 2 aliphatic rings. The molecule has 0 saturated carbocycles. The summed E-state index contributed by atoms with van der Waals surface area (Å²) >= 11 is 3.33. The molecule has 3 atom stereocenters. The van der Waals surface area contributed by atoms with Crippen LogP contribution in [0.25, 0.3) is 0 Å². The maximum absolute atomic E-state index is 13.0. The van der Waals surface area contributed by atoms with E-state index in [1.165, 1.54) is 0 Å². The van der Waals surface area contributed by atoms with E-state index >= 15 is 0 Å². The van der Waals surface area contributed by atoms with E-state index in [0.29, 0.717) is 11.4 Å². The van der Waals surface area contributed by atoms with E-state index in [-0.39, 0.29) is 5.91 Å². The van der Waals surface area contributed by atoms with Gasteiger partial charge < -0.3 is 4.74 Å². The summed E-state index contributed by atoms with van der Waals surface area (Å²) in [5, 5.41) is 0. The first kappa shape index (κ1) is 16.0. The molecule has 2 aliphatic heterocycles. The molecule has 0 spiro atoms. The highest BCUT2D eigenvalue weighted by Crippen LogP contribution is 2.46. The minimum atomic E-state index is -1.01. The topological polar surface area (TPSA) is 63.7 Å². The smallest absolute Gasteiger partial charge is 0.324 e. The highest BCUT2D eigenvalue weighted by atomic mass is 79.9. The van der Waals surface area contributed by atoms with Crippen LogP contribution in [0.2, 0.25) is 0 Å². The molecule has 0 aliphatic carbocycles. The summed E-state index contributed by atoms with van der Waals surface area (Å²) < 4.78 is 6.19. The quantitative estimate of drug-likeness (QED) is 0.319. The number of fused-ring (bicyclic) bond motifs is 3. The number of halogens is 1. The van der Waals surface area contributed by atoms with Gasteiger partial charge >= 0.3 is 5.97 Å². The van der Waals surface area contributed by atoms with Crippen molar-refractivity contribution in [3.8, 4) is 5.75 Å². The molecule has 1 saturated heterocycles. The van der Waals surface area contributed by atoms with E-state index in [2.05, 4.69) is 15.9 Å². The number of anilines is 1. The lowest BCUT2D eigenvalue weighted by Gasteiger charge is -2.41. The molecular weight excluding hydrogens is 386 g/mol. The van der Waals surface area contributed by atoms with Crippen LogP contribution in [0.15, 0.2) is 53.0 Å². The summed E-state index contributed by atoms with van der Waals surface area (Å²) in [6.45, 7) is 1.76. The Kier molecular flexibility index (Phi) is 3.72. The molecule has 2 aromatic carbocycles. The van der Waals surface area contributed by atoms with Crippen molar-refractivity contribution in [1.82, 2.24) is 0 Å². The fourth-order valence-electron chi connectivity index (χ4n) is 3.61. The van der Waals surface area contributed by atoms with E-state index in [0.717, 1.165) is 14.9 Å². The average molecular weight is 400 g/mol. The van der Waals surface area contributed by atoms with Gasteiger partial charge in [-0.05, 0) is 30.3 Å². The summed E-state index contributed by atoms with van der Waals surface area (Å²) in [6.07, 6.45) is 0. The van der Waals surface area contributed by atoms with Crippen molar-refractivity contribution in [3.05, 3.63) is 58.6 Å². The van der Waals surface area contributed by atoms with E-state index in [9.17, 15) is 14.4 Å². The third-order valence-corrected chi connectivity index (χ3v) is 5.35. The van der Waals surface area contributed by atoms with Crippen molar-refractivity contribution in [1.29, 1.82) is 0 Å². The number of esters is 1. The highest BCUT2D eigenvalue weighted by molar-refractivity contribution is 9.10. The van der Waals surface area contributed by atoms with Gasteiger partial charge in [0.25, 0.3) is 0 Å². The number of ether oxygens (including phenoxy) is 1. The number of imide groups is 1. The number of nitrogens with zero attached hydrogens (tertiary/aromatic N) is 1. The Balaban J connectivity index is 1.81. The van der Waals surface area contributed by atoms with Gasteiger partial charge in [0.2, 0.25) is 11.8 Å². The van der Waals surface area contributed by atoms with Gasteiger partial charge in [-0.25, -0.2) is 4.90 Å². The Morgan fingerprint density at radius 2 is 1.64 bits per heavy atom. The third-order valence-electron chi connectivity index (χ3n) is 4.82. The van der Waals surface area contributed by atoms with Crippen LogP contribution in [-0.2, 0) is 14.4 Å². The number of piperidine rings is 1. The average Bonchev–Trinajstić information content (AvgIpc) is 2.60. The summed E-state index contributed by atoms with van der Waals surface area (Å²) in [7, 11) is 0. The standard InChI is InChI=1S/C19H14BrNO4/c1-10-15-13-4-2-3-5-14(13)25-19(24)16(15)18(23)21(17(10)22)12-8-6-11(20)7-9-12/h2-10,15-16H,1H3/t10-,15+,16-/m0/s1. The van der Waals surface area contributed by atoms with Crippen LogP contribution in [-0.4, -0.2) is 17.8 Å². The number of hydrogen-bond acceptors (Lipinski definition) is 4. The normalized spacial score (nSPS) is 25.3. The summed E-state index contributed by atoms with van der Waals surface area (Å²) in [5.41, 5.74) is 1.19. The molecule has 0 radical (unpaired) electrons. The van der Waals surface area contributed by atoms with Crippen LogP contribution in [0.1, 0.15) is 18.4 Å². The predicted molar refractivity (Wildman–Crippen MR) is 94.1 cm³/mol. The Bertz CT molecular complexity index is 893. The molecule has 0 N–H and O–H groups in total. The van der Waals surface area contributed by atoms with E-state index in [1.54, 1.807) is 43.3 Å². The zero-order valence-electron chi connectivity index (χ0n) is 13.3. The van der Waals surface area contributed by atoms with Crippen molar-refractivity contribution >= 4 is 39.4 Å². The van der Waals surface area contributed by atoms with Crippen molar-refractivity contribution in [2.75, 3.05) is 4.90 Å². The van der Waals surface area contributed by atoms with Gasteiger partial charge in [0.05, 0.1) is 5.69 Å². The molecule has 25 heavy (non-hydrogen) atoms. The van der Waals surface area contributed by atoms with Gasteiger partial charge in [0.1, 0.15) is 11.7 Å². The van der Waals surface area contributed by atoms with Gasteiger partial charge in [0, 0.05) is 21.9 Å². The first-order valence-electron chi connectivity index (χ1n) is 7.93. The minimum absolute atomic E-state index is 0.307. The first-order valence-corrected chi connectivity index (χ1v) is 8.72. The lowest BCUT2D eigenvalue weighted by atomic mass is 9.72. The SMILES string of the molecule is C[C@@H]1C(=O)N(c2ccc(Br)cc2)C(=O)[C@H]2C(=O)Oc3ccccc3[C@H]21. The minimum Gasteiger partial charge on any atom is -0.426 e. The molecule has 2 heterocycles. The van der Waals surface area contributed by atoms with Crippen molar-refractivity contribution < 1.29 is 19.1 Å². The van der Waals surface area contributed by atoms with Gasteiger partial charge in [-0.3, -0.25) is 14.4 Å². The summed E-state index contributed by atoms with van der Waals surface area (Å²) in [4.78, 5) is 39.5. The molecule has 2 amide bonds. The van der Waals surface area contributed by atoms with E-state index in [4.69, 9.17) is 4.74 Å². The first-order chi connectivity index (χ1) is 12.0. The predicted octanol–water partition coefficient (Wildman–Crippen LogP) is 3.28. The van der Waals surface area contributed by atoms with Crippen molar-refractivity contribution in [3.63, 3.8) is 0 Å². The fraction of sp³-hybridized carbons (Fsp3) is 0.211. The molecule has 126 valence electrons. The molecule has 4 rings (SSSR count). The van der Waals surface area contributed by atoms with Gasteiger partial charge in [0.15, 0.2) is 0 Å². The second kappa shape index (κ2) is 5.81. The Labute approximate surface area is 152 Å². The van der Waals surface area contributed by atoms with Gasteiger partial charge in [-0.15, -0.1) is 0 Å². The zero-order chi connectivity index (χ0) is 17.7. The maximum Gasteiger partial charge on any atom is 0.324 e. The van der Waals surface area contributed by atoms with Crippen LogP contribution in [0.4, 0.5) is 5.69 Å². The number of carbonyl (C=O) groups excluding carboxylic acids is 3.